The molecule has 0 atom stereocenters. The molecule has 0 radical (unpaired) electrons. The summed E-state index contributed by atoms with van der Waals surface area (Å²) in [5.74, 6) is 0. The zero-order chi connectivity index (χ0) is 20.6. The molecule has 0 saturated heterocycles. The van der Waals surface area contributed by atoms with E-state index in [2.05, 4.69) is 41.2 Å². The first-order valence-electron chi connectivity index (χ1n) is 9.87. The lowest BCUT2D eigenvalue weighted by Gasteiger charge is -2.24. The second-order valence-corrected chi connectivity index (χ2v) is 7.26. The maximum Gasteiger partial charge on any atom is 0.322 e. The Morgan fingerprint density at radius 1 is 1.03 bits per heavy atom. The SMILES string of the molecule is COCCN(Cc1cccn1Cc1ccccc1)C(=O)Nc1ccc(C)c(C)c1. The largest absolute Gasteiger partial charge is 0.383 e. The number of urea groups is 1. The highest BCUT2D eigenvalue weighted by atomic mass is 16.5. The second-order valence-electron chi connectivity index (χ2n) is 7.26. The van der Waals surface area contributed by atoms with Crippen molar-refractivity contribution in [2.75, 3.05) is 25.6 Å². The van der Waals surface area contributed by atoms with Crippen LogP contribution in [-0.2, 0) is 17.8 Å². The molecule has 2 amide bonds. The number of benzene rings is 2. The van der Waals surface area contributed by atoms with E-state index >= 15 is 0 Å². The van der Waals surface area contributed by atoms with Gasteiger partial charge >= 0.3 is 6.03 Å². The summed E-state index contributed by atoms with van der Waals surface area (Å²) >= 11 is 0. The quantitative estimate of drug-likeness (QED) is 0.598. The second kappa shape index (κ2) is 9.94. The number of ether oxygens (including phenoxy) is 1. The molecule has 5 nitrogen and oxygen atoms in total. The van der Waals surface area contributed by atoms with Crippen LogP contribution in [0.25, 0.3) is 0 Å². The summed E-state index contributed by atoms with van der Waals surface area (Å²) in [7, 11) is 1.65. The molecule has 0 aliphatic rings. The van der Waals surface area contributed by atoms with Crippen molar-refractivity contribution in [3.8, 4) is 0 Å². The molecular formula is C24H29N3O2. The van der Waals surface area contributed by atoms with Crippen molar-refractivity contribution >= 4 is 11.7 Å². The fourth-order valence-electron chi connectivity index (χ4n) is 3.20. The van der Waals surface area contributed by atoms with Gasteiger partial charge in [0, 0.05) is 37.8 Å². The van der Waals surface area contributed by atoms with Gasteiger partial charge in [-0.2, -0.15) is 0 Å². The summed E-state index contributed by atoms with van der Waals surface area (Å²) in [6, 6.07) is 20.2. The molecule has 3 rings (SSSR count). The van der Waals surface area contributed by atoms with E-state index in [9.17, 15) is 4.79 Å². The van der Waals surface area contributed by atoms with Gasteiger partial charge in [0.05, 0.1) is 13.2 Å². The molecular weight excluding hydrogens is 362 g/mol. The van der Waals surface area contributed by atoms with Gasteiger partial charge in [-0.1, -0.05) is 36.4 Å². The molecule has 1 N–H and O–H groups in total. The van der Waals surface area contributed by atoms with Crippen LogP contribution in [0.3, 0.4) is 0 Å². The number of amides is 2. The highest BCUT2D eigenvalue weighted by Gasteiger charge is 2.16. The number of methoxy groups -OCH3 is 1. The molecule has 1 aromatic heterocycles. The number of aryl methyl sites for hydroxylation is 2. The van der Waals surface area contributed by atoms with Crippen LogP contribution in [0.15, 0.2) is 66.9 Å². The number of carbonyl (C=O) groups excluding carboxylic acids is 1. The minimum atomic E-state index is -0.127. The Morgan fingerprint density at radius 2 is 1.83 bits per heavy atom. The van der Waals surface area contributed by atoms with Gasteiger partial charge in [0.2, 0.25) is 0 Å². The van der Waals surface area contributed by atoms with Gasteiger partial charge in [0.25, 0.3) is 0 Å². The number of aromatic nitrogens is 1. The standard InChI is InChI=1S/C24H29N3O2/c1-19-11-12-22(16-20(19)2)25-24(28)27(14-15-29-3)18-23-10-7-13-26(23)17-21-8-5-4-6-9-21/h4-13,16H,14-15,17-18H2,1-3H3,(H,25,28). The number of nitrogens with zero attached hydrogens (tertiary/aromatic N) is 2. The highest BCUT2D eigenvalue weighted by molar-refractivity contribution is 5.89. The lowest BCUT2D eigenvalue weighted by Crippen LogP contribution is -2.37. The fourth-order valence-corrected chi connectivity index (χ4v) is 3.20. The molecule has 3 aromatic rings. The predicted molar refractivity (Wildman–Crippen MR) is 117 cm³/mol. The fraction of sp³-hybridized carbons (Fsp3) is 0.292. The summed E-state index contributed by atoms with van der Waals surface area (Å²) in [5.41, 5.74) is 5.48. The van der Waals surface area contributed by atoms with Crippen LogP contribution in [0.4, 0.5) is 10.5 Å². The van der Waals surface area contributed by atoms with E-state index in [4.69, 9.17) is 4.74 Å². The van der Waals surface area contributed by atoms with E-state index in [1.807, 2.05) is 49.4 Å². The minimum absolute atomic E-state index is 0.127. The average molecular weight is 392 g/mol. The summed E-state index contributed by atoms with van der Waals surface area (Å²) in [6.45, 7) is 6.40. The first-order valence-corrected chi connectivity index (χ1v) is 9.87. The van der Waals surface area contributed by atoms with E-state index in [0.29, 0.717) is 19.7 Å². The van der Waals surface area contributed by atoms with Crippen molar-refractivity contribution < 1.29 is 9.53 Å². The molecule has 1 heterocycles. The Labute approximate surface area is 172 Å². The van der Waals surface area contributed by atoms with Crippen LogP contribution in [0.5, 0.6) is 0 Å². The molecule has 29 heavy (non-hydrogen) atoms. The summed E-state index contributed by atoms with van der Waals surface area (Å²) < 4.78 is 7.40. The van der Waals surface area contributed by atoms with E-state index in [1.54, 1.807) is 12.0 Å². The Hall–Kier alpha value is -3.05. The molecule has 5 heteroatoms. The third-order valence-corrected chi connectivity index (χ3v) is 5.08. The number of carbonyl (C=O) groups is 1. The Bertz CT molecular complexity index is 934. The molecule has 0 saturated carbocycles. The van der Waals surface area contributed by atoms with Crippen molar-refractivity contribution in [3.63, 3.8) is 0 Å². The average Bonchev–Trinajstić information content (AvgIpc) is 3.15. The monoisotopic (exact) mass is 391 g/mol. The van der Waals surface area contributed by atoms with E-state index in [0.717, 1.165) is 23.5 Å². The lowest BCUT2D eigenvalue weighted by atomic mass is 10.1. The Kier molecular flexibility index (Phi) is 7.09. The molecule has 0 unspecified atom stereocenters. The Balaban J connectivity index is 1.73. The smallest absolute Gasteiger partial charge is 0.322 e. The van der Waals surface area contributed by atoms with Crippen LogP contribution in [0.2, 0.25) is 0 Å². The summed E-state index contributed by atoms with van der Waals surface area (Å²) in [4.78, 5) is 14.7. The topological polar surface area (TPSA) is 46.5 Å². The molecule has 2 aromatic carbocycles. The van der Waals surface area contributed by atoms with Gasteiger partial charge in [-0.15, -0.1) is 0 Å². The highest BCUT2D eigenvalue weighted by Crippen LogP contribution is 2.16. The normalized spacial score (nSPS) is 10.7. The lowest BCUT2D eigenvalue weighted by molar-refractivity contribution is 0.152. The van der Waals surface area contributed by atoms with Gasteiger partial charge in [-0.05, 0) is 54.8 Å². The van der Waals surface area contributed by atoms with Crippen LogP contribution < -0.4 is 5.32 Å². The zero-order valence-corrected chi connectivity index (χ0v) is 17.4. The van der Waals surface area contributed by atoms with Crippen molar-refractivity contribution in [2.24, 2.45) is 0 Å². The van der Waals surface area contributed by atoms with E-state index < -0.39 is 0 Å². The molecule has 0 bridgehead atoms. The number of nitrogens with one attached hydrogen (secondary N) is 1. The van der Waals surface area contributed by atoms with Gasteiger partial charge in [0.15, 0.2) is 0 Å². The van der Waals surface area contributed by atoms with Gasteiger partial charge in [0.1, 0.15) is 0 Å². The number of rotatable bonds is 8. The van der Waals surface area contributed by atoms with Crippen molar-refractivity contribution in [3.05, 3.63) is 89.2 Å². The van der Waals surface area contributed by atoms with Crippen molar-refractivity contribution in [1.82, 2.24) is 9.47 Å². The molecule has 152 valence electrons. The predicted octanol–water partition coefficient (Wildman–Crippen LogP) is 4.83. The van der Waals surface area contributed by atoms with Gasteiger partial charge < -0.3 is 19.5 Å². The van der Waals surface area contributed by atoms with Gasteiger partial charge in [-0.3, -0.25) is 0 Å². The minimum Gasteiger partial charge on any atom is -0.383 e. The van der Waals surface area contributed by atoms with E-state index in [-0.39, 0.29) is 6.03 Å². The third kappa shape index (κ3) is 5.72. The molecule has 0 aliphatic heterocycles. The van der Waals surface area contributed by atoms with Crippen LogP contribution in [0.1, 0.15) is 22.4 Å². The van der Waals surface area contributed by atoms with E-state index in [1.165, 1.54) is 11.1 Å². The van der Waals surface area contributed by atoms with Crippen LogP contribution >= 0.6 is 0 Å². The van der Waals surface area contributed by atoms with Crippen LogP contribution in [-0.4, -0.2) is 35.8 Å². The number of hydrogen-bond acceptors (Lipinski definition) is 2. The molecule has 0 aliphatic carbocycles. The molecule has 0 fully saturated rings. The van der Waals surface area contributed by atoms with Gasteiger partial charge in [-0.25, -0.2) is 4.79 Å². The first kappa shape index (κ1) is 20.7. The summed E-state index contributed by atoms with van der Waals surface area (Å²) in [6.07, 6.45) is 2.05. The number of anilines is 1. The Morgan fingerprint density at radius 3 is 2.55 bits per heavy atom. The third-order valence-electron chi connectivity index (χ3n) is 5.08. The van der Waals surface area contributed by atoms with Crippen molar-refractivity contribution in [1.29, 1.82) is 0 Å². The molecule has 0 spiro atoms. The first-order chi connectivity index (χ1) is 14.1. The maximum atomic E-state index is 13.0. The zero-order valence-electron chi connectivity index (χ0n) is 17.4. The summed E-state index contributed by atoms with van der Waals surface area (Å²) in [5, 5.41) is 3.02. The van der Waals surface area contributed by atoms with Crippen LogP contribution in [0, 0.1) is 13.8 Å². The number of hydrogen-bond donors (Lipinski definition) is 1. The van der Waals surface area contributed by atoms with Crippen molar-refractivity contribution in [2.45, 2.75) is 26.9 Å². The maximum absolute atomic E-state index is 13.0.